The molecular weight excluding hydrogens is 256 g/mol. The lowest BCUT2D eigenvalue weighted by Gasteiger charge is -2.05. The van der Waals surface area contributed by atoms with Gasteiger partial charge in [0.1, 0.15) is 0 Å². The summed E-state index contributed by atoms with van der Waals surface area (Å²) in [5.41, 5.74) is 8.97. The van der Waals surface area contributed by atoms with Gasteiger partial charge in [-0.25, -0.2) is 4.98 Å². The molecule has 1 aliphatic heterocycles. The van der Waals surface area contributed by atoms with Crippen LogP contribution in [0.15, 0.2) is 29.6 Å². The monoisotopic (exact) mass is 274 g/mol. The first-order chi connectivity index (χ1) is 9.35. The Kier molecular flexibility index (Phi) is 3.92. The highest BCUT2D eigenvalue weighted by atomic mass is 32.1. The average molecular weight is 274 g/mol. The van der Waals surface area contributed by atoms with Gasteiger partial charge in [0.2, 0.25) is 0 Å². The van der Waals surface area contributed by atoms with Gasteiger partial charge < -0.3 is 10.5 Å². The van der Waals surface area contributed by atoms with E-state index in [2.05, 4.69) is 29.6 Å². The molecular formula is C15H18N2OS. The third-order valence-corrected chi connectivity index (χ3v) is 4.33. The molecule has 0 saturated carbocycles. The quantitative estimate of drug-likeness (QED) is 0.932. The SMILES string of the molecule is NCc1ccc(-c2csc(CC3CCCO3)n2)cc1. The number of thiazole rings is 1. The lowest BCUT2D eigenvalue weighted by Crippen LogP contribution is -2.08. The number of rotatable bonds is 4. The molecule has 0 aliphatic carbocycles. The largest absolute Gasteiger partial charge is 0.378 e. The van der Waals surface area contributed by atoms with Gasteiger partial charge in [0.15, 0.2) is 0 Å². The third kappa shape index (κ3) is 3.03. The van der Waals surface area contributed by atoms with Crippen molar-refractivity contribution >= 4 is 11.3 Å². The number of benzene rings is 1. The summed E-state index contributed by atoms with van der Waals surface area (Å²) in [4.78, 5) is 4.71. The van der Waals surface area contributed by atoms with Crippen molar-refractivity contribution < 1.29 is 4.74 Å². The molecule has 100 valence electrons. The molecule has 3 nitrogen and oxygen atoms in total. The Labute approximate surface area is 117 Å². The number of nitrogens with two attached hydrogens (primary N) is 1. The number of aromatic nitrogens is 1. The minimum absolute atomic E-state index is 0.374. The zero-order valence-electron chi connectivity index (χ0n) is 10.8. The Morgan fingerprint density at radius 3 is 2.84 bits per heavy atom. The molecule has 1 atom stereocenters. The fourth-order valence-electron chi connectivity index (χ4n) is 2.35. The van der Waals surface area contributed by atoms with Crippen LogP contribution in [-0.2, 0) is 17.7 Å². The summed E-state index contributed by atoms with van der Waals surface area (Å²) in [5.74, 6) is 0. The molecule has 0 spiro atoms. The van der Waals surface area contributed by atoms with Crippen LogP contribution in [0, 0.1) is 0 Å². The van der Waals surface area contributed by atoms with E-state index < -0.39 is 0 Å². The highest BCUT2D eigenvalue weighted by Gasteiger charge is 2.17. The summed E-state index contributed by atoms with van der Waals surface area (Å²) in [6.07, 6.45) is 3.67. The minimum atomic E-state index is 0.374. The normalized spacial score (nSPS) is 18.9. The predicted octanol–water partition coefficient (Wildman–Crippen LogP) is 2.99. The lowest BCUT2D eigenvalue weighted by atomic mass is 10.1. The smallest absolute Gasteiger partial charge is 0.0958 e. The number of ether oxygens (including phenoxy) is 1. The van der Waals surface area contributed by atoms with Crippen LogP contribution in [0.4, 0.5) is 0 Å². The first-order valence-electron chi connectivity index (χ1n) is 6.70. The van der Waals surface area contributed by atoms with E-state index >= 15 is 0 Å². The molecule has 0 radical (unpaired) electrons. The highest BCUT2D eigenvalue weighted by molar-refractivity contribution is 7.09. The van der Waals surface area contributed by atoms with Gasteiger partial charge in [-0.1, -0.05) is 24.3 Å². The van der Waals surface area contributed by atoms with Crippen LogP contribution in [0.25, 0.3) is 11.3 Å². The fourth-order valence-corrected chi connectivity index (χ4v) is 3.22. The Hall–Kier alpha value is -1.23. The second-order valence-corrected chi connectivity index (χ2v) is 5.81. The molecule has 2 aromatic rings. The van der Waals surface area contributed by atoms with Crippen molar-refractivity contribution in [3.05, 3.63) is 40.2 Å². The molecule has 19 heavy (non-hydrogen) atoms. The Bertz CT molecular complexity index is 529. The van der Waals surface area contributed by atoms with Crippen molar-refractivity contribution in [3.63, 3.8) is 0 Å². The molecule has 3 rings (SSSR count). The van der Waals surface area contributed by atoms with Crippen LogP contribution in [-0.4, -0.2) is 17.7 Å². The average Bonchev–Trinajstić information content (AvgIpc) is 3.11. The van der Waals surface area contributed by atoms with Crippen molar-refractivity contribution in [2.24, 2.45) is 5.73 Å². The number of nitrogens with zero attached hydrogens (tertiary/aromatic N) is 1. The molecule has 1 aromatic carbocycles. The first-order valence-corrected chi connectivity index (χ1v) is 7.58. The van der Waals surface area contributed by atoms with Crippen LogP contribution in [0.3, 0.4) is 0 Å². The molecule has 1 saturated heterocycles. The summed E-state index contributed by atoms with van der Waals surface area (Å²) < 4.78 is 5.65. The van der Waals surface area contributed by atoms with E-state index in [1.54, 1.807) is 11.3 Å². The van der Waals surface area contributed by atoms with Gasteiger partial charge in [0.05, 0.1) is 16.8 Å². The second-order valence-electron chi connectivity index (χ2n) is 4.87. The number of hydrogen-bond acceptors (Lipinski definition) is 4. The molecule has 0 amide bonds. The zero-order chi connectivity index (χ0) is 13.1. The highest BCUT2D eigenvalue weighted by Crippen LogP contribution is 2.25. The van der Waals surface area contributed by atoms with E-state index in [4.69, 9.17) is 15.5 Å². The van der Waals surface area contributed by atoms with Crippen molar-refractivity contribution in [1.82, 2.24) is 4.98 Å². The second kappa shape index (κ2) is 5.82. The topological polar surface area (TPSA) is 48.1 Å². The van der Waals surface area contributed by atoms with Crippen molar-refractivity contribution in [3.8, 4) is 11.3 Å². The van der Waals surface area contributed by atoms with Crippen LogP contribution >= 0.6 is 11.3 Å². The third-order valence-electron chi connectivity index (χ3n) is 3.46. The van der Waals surface area contributed by atoms with Crippen LogP contribution in [0.5, 0.6) is 0 Å². The lowest BCUT2D eigenvalue weighted by molar-refractivity contribution is 0.111. The van der Waals surface area contributed by atoms with Gasteiger partial charge in [0.25, 0.3) is 0 Å². The van der Waals surface area contributed by atoms with Crippen LogP contribution < -0.4 is 5.73 Å². The Balaban J connectivity index is 1.72. The van der Waals surface area contributed by atoms with E-state index in [9.17, 15) is 0 Å². The van der Waals surface area contributed by atoms with E-state index in [1.807, 2.05) is 0 Å². The van der Waals surface area contributed by atoms with Gasteiger partial charge in [-0.05, 0) is 18.4 Å². The van der Waals surface area contributed by atoms with Gasteiger partial charge in [-0.15, -0.1) is 11.3 Å². The summed E-state index contributed by atoms with van der Waals surface area (Å²) in [6.45, 7) is 1.49. The molecule has 1 fully saturated rings. The van der Waals surface area contributed by atoms with Crippen LogP contribution in [0.2, 0.25) is 0 Å². The molecule has 1 aliphatic rings. The fraction of sp³-hybridized carbons (Fsp3) is 0.400. The molecule has 1 aromatic heterocycles. The van der Waals surface area contributed by atoms with Gasteiger partial charge >= 0.3 is 0 Å². The van der Waals surface area contributed by atoms with Crippen LogP contribution in [0.1, 0.15) is 23.4 Å². The van der Waals surface area contributed by atoms with E-state index in [0.717, 1.165) is 29.8 Å². The standard InChI is InChI=1S/C15H18N2OS/c16-9-11-3-5-12(6-4-11)14-10-19-15(17-14)8-13-2-1-7-18-13/h3-6,10,13H,1-2,7-9,16H2. The molecule has 4 heteroatoms. The maximum Gasteiger partial charge on any atom is 0.0958 e. The maximum atomic E-state index is 5.65. The summed E-state index contributed by atoms with van der Waals surface area (Å²) in [5, 5.41) is 3.30. The molecule has 2 N–H and O–H groups in total. The minimum Gasteiger partial charge on any atom is -0.378 e. The van der Waals surface area contributed by atoms with E-state index in [1.165, 1.54) is 17.8 Å². The van der Waals surface area contributed by atoms with Crippen molar-refractivity contribution in [1.29, 1.82) is 0 Å². The molecule has 1 unspecified atom stereocenters. The van der Waals surface area contributed by atoms with Gasteiger partial charge in [0, 0.05) is 30.5 Å². The van der Waals surface area contributed by atoms with E-state index in [-0.39, 0.29) is 0 Å². The summed E-state index contributed by atoms with van der Waals surface area (Å²) >= 11 is 1.73. The predicted molar refractivity (Wildman–Crippen MR) is 78.1 cm³/mol. The number of hydrogen-bond donors (Lipinski definition) is 1. The Morgan fingerprint density at radius 1 is 1.32 bits per heavy atom. The van der Waals surface area contributed by atoms with Gasteiger partial charge in [-0.2, -0.15) is 0 Å². The van der Waals surface area contributed by atoms with Crippen molar-refractivity contribution in [2.45, 2.75) is 31.9 Å². The summed E-state index contributed by atoms with van der Waals surface area (Å²) in [7, 11) is 0. The summed E-state index contributed by atoms with van der Waals surface area (Å²) in [6, 6.07) is 8.31. The van der Waals surface area contributed by atoms with E-state index in [0.29, 0.717) is 12.6 Å². The maximum absolute atomic E-state index is 5.65. The van der Waals surface area contributed by atoms with Gasteiger partial charge in [-0.3, -0.25) is 0 Å². The first kappa shape index (κ1) is 12.8. The molecule has 0 bridgehead atoms. The molecule has 2 heterocycles. The van der Waals surface area contributed by atoms with Crippen molar-refractivity contribution in [2.75, 3.05) is 6.61 Å². The zero-order valence-corrected chi connectivity index (χ0v) is 11.7. The Morgan fingerprint density at radius 2 is 2.16 bits per heavy atom.